The summed E-state index contributed by atoms with van der Waals surface area (Å²) in [4.78, 5) is 14.8. The summed E-state index contributed by atoms with van der Waals surface area (Å²) in [5, 5.41) is 0.839. The first-order chi connectivity index (χ1) is 9.24. The van der Waals surface area contributed by atoms with Gasteiger partial charge in [-0.3, -0.25) is 0 Å². The number of rotatable bonds is 6. The first kappa shape index (κ1) is 14.3. The van der Waals surface area contributed by atoms with Crippen molar-refractivity contribution in [3.63, 3.8) is 0 Å². The van der Waals surface area contributed by atoms with Crippen molar-refractivity contribution in [3.05, 3.63) is 41.3 Å². The van der Waals surface area contributed by atoms with Gasteiger partial charge in [-0.25, -0.2) is 4.98 Å². The minimum Gasteiger partial charge on any atom is -0.441 e. The third-order valence-electron chi connectivity index (χ3n) is 2.67. The summed E-state index contributed by atoms with van der Waals surface area (Å²) >= 11 is 4.96. The Balaban J connectivity index is 2.15. The monoisotopic (exact) mass is 339 g/mol. The molecule has 5 heteroatoms. The zero-order valence-corrected chi connectivity index (χ0v) is 13.0. The minimum atomic E-state index is 0.488. The van der Waals surface area contributed by atoms with E-state index in [2.05, 4.69) is 20.9 Å². The Labute approximate surface area is 124 Å². The van der Waals surface area contributed by atoms with Crippen LogP contribution in [0.15, 0.2) is 28.7 Å². The van der Waals surface area contributed by atoms with Gasteiger partial charge in [-0.2, -0.15) is 0 Å². The second kappa shape index (κ2) is 6.91. The van der Waals surface area contributed by atoms with Crippen LogP contribution in [-0.2, 0) is 15.9 Å². The van der Waals surface area contributed by atoms with Crippen LogP contribution in [0.5, 0.6) is 0 Å². The third-order valence-corrected chi connectivity index (χ3v) is 4.17. The van der Waals surface area contributed by atoms with Crippen molar-refractivity contribution in [2.75, 3.05) is 5.75 Å². The average Bonchev–Trinajstić information content (AvgIpc) is 2.81. The summed E-state index contributed by atoms with van der Waals surface area (Å²) < 4.78 is 5.68. The van der Waals surface area contributed by atoms with E-state index in [1.165, 1.54) is 17.3 Å². The average molecular weight is 340 g/mol. The number of alkyl halides is 1. The highest BCUT2D eigenvalue weighted by atomic mass is 79.9. The second-order valence-electron chi connectivity index (χ2n) is 4.03. The Morgan fingerprint density at radius 2 is 2.11 bits per heavy atom. The molecular weight excluding hydrogens is 326 g/mol. The van der Waals surface area contributed by atoms with Gasteiger partial charge in [-0.15, -0.1) is 11.8 Å². The van der Waals surface area contributed by atoms with E-state index in [4.69, 9.17) is 4.42 Å². The van der Waals surface area contributed by atoms with Crippen molar-refractivity contribution in [2.45, 2.75) is 18.0 Å². The van der Waals surface area contributed by atoms with Gasteiger partial charge in [0.05, 0.1) is 5.69 Å². The van der Waals surface area contributed by atoms with E-state index in [1.807, 2.05) is 31.2 Å². The number of hydrogen-bond acceptors (Lipinski definition) is 4. The predicted octanol–water partition coefficient (Wildman–Crippen LogP) is 3.98. The van der Waals surface area contributed by atoms with Crippen LogP contribution in [0.25, 0.3) is 11.5 Å². The Morgan fingerprint density at radius 1 is 1.37 bits per heavy atom. The molecule has 2 aromatic rings. The zero-order chi connectivity index (χ0) is 13.7. The fraction of sp³-hybridized carbons (Fsp3) is 0.286. The Morgan fingerprint density at radius 3 is 2.74 bits per heavy atom. The summed E-state index contributed by atoms with van der Waals surface area (Å²) in [7, 11) is 0. The molecule has 3 nitrogen and oxygen atoms in total. The summed E-state index contributed by atoms with van der Waals surface area (Å²) in [6, 6.07) is 8.10. The number of thioether (sulfide) groups is 1. The molecule has 0 aliphatic carbocycles. The van der Waals surface area contributed by atoms with Gasteiger partial charge in [-0.05, 0) is 24.6 Å². The number of oxazole rings is 1. The quantitative estimate of drug-likeness (QED) is 0.453. The molecule has 0 spiro atoms. The predicted molar refractivity (Wildman–Crippen MR) is 81.5 cm³/mol. The lowest BCUT2D eigenvalue weighted by atomic mass is 10.1. The molecule has 0 aliphatic rings. The van der Waals surface area contributed by atoms with Crippen LogP contribution in [-0.4, -0.2) is 17.0 Å². The van der Waals surface area contributed by atoms with Gasteiger partial charge in [0.15, 0.2) is 0 Å². The highest BCUT2D eigenvalue weighted by Crippen LogP contribution is 2.24. The summed E-state index contributed by atoms with van der Waals surface area (Å²) in [5.74, 6) is 2.65. The molecule has 19 heavy (non-hydrogen) atoms. The van der Waals surface area contributed by atoms with Crippen molar-refractivity contribution in [2.24, 2.45) is 0 Å². The molecule has 1 heterocycles. The fourth-order valence-corrected chi connectivity index (χ4v) is 2.67. The Bertz CT molecular complexity index is 551. The van der Waals surface area contributed by atoms with Gasteiger partial charge in [0.2, 0.25) is 5.89 Å². The summed E-state index contributed by atoms with van der Waals surface area (Å²) in [6.07, 6.45) is 0.903. The van der Waals surface area contributed by atoms with Gasteiger partial charge in [-0.1, -0.05) is 28.1 Å². The third kappa shape index (κ3) is 3.70. The van der Waals surface area contributed by atoms with Crippen molar-refractivity contribution in [1.82, 2.24) is 4.98 Å². The molecule has 0 bridgehead atoms. The van der Waals surface area contributed by atoms with Crippen molar-refractivity contribution in [1.29, 1.82) is 0 Å². The second-order valence-corrected chi connectivity index (χ2v) is 5.63. The zero-order valence-electron chi connectivity index (χ0n) is 10.6. The van der Waals surface area contributed by atoms with Gasteiger partial charge in [0, 0.05) is 22.4 Å². The molecule has 1 aromatic heterocycles. The molecule has 0 N–H and O–H groups in total. The molecule has 2 rings (SSSR count). The lowest BCUT2D eigenvalue weighted by Gasteiger charge is -1.97. The maximum absolute atomic E-state index is 10.3. The molecule has 0 amide bonds. The van der Waals surface area contributed by atoms with Crippen LogP contribution in [0.3, 0.4) is 0 Å². The first-order valence-electron chi connectivity index (χ1n) is 5.87. The highest BCUT2D eigenvalue weighted by Gasteiger charge is 2.11. The van der Waals surface area contributed by atoms with Crippen LogP contribution in [0, 0.1) is 6.92 Å². The smallest absolute Gasteiger partial charge is 0.226 e. The largest absolute Gasteiger partial charge is 0.441 e. The number of aldehydes is 1. The molecule has 0 aliphatic heterocycles. The van der Waals surface area contributed by atoms with E-state index in [9.17, 15) is 4.79 Å². The van der Waals surface area contributed by atoms with Gasteiger partial charge in [0.1, 0.15) is 12.0 Å². The van der Waals surface area contributed by atoms with Crippen LogP contribution in [0.2, 0.25) is 0 Å². The molecule has 1 aromatic carbocycles. The van der Waals surface area contributed by atoms with E-state index in [-0.39, 0.29) is 0 Å². The standard InChI is InChI=1S/C14H14BrNO2S/c1-10-13(9-19-7-6-17)16-14(18-10)12-4-2-11(8-15)3-5-12/h2-6H,7-9H2,1H3. The SMILES string of the molecule is Cc1oc(-c2ccc(CBr)cc2)nc1CSCC=O. The van der Waals surface area contributed by atoms with E-state index >= 15 is 0 Å². The molecule has 100 valence electrons. The van der Waals surface area contributed by atoms with Gasteiger partial charge < -0.3 is 9.21 Å². The van der Waals surface area contributed by atoms with E-state index in [0.29, 0.717) is 17.4 Å². The topological polar surface area (TPSA) is 43.1 Å². The van der Waals surface area contributed by atoms with Crippen LogP contribution < -0.4 is 0 Å². The molecule has 0 saturated carbocycles. The Kier molecular flexibility index (Phi) is 5.22. The number of halogens is 1. The van der Waals surface area contributed by atoms with E-state index in [0.717, 1.165) is 28.6 Å². The summed E-state index contributed by atoms with van der Waals surface area (Å²) in [5.41, 5.74) is 3.10. The van der Waals surface area contributed by atoms with Crippen molar-refractivity contribution < 1.29 is 9.21 Å². The number of nitrogens with zero attached hydrogens (tertiary/aromatic N) is 1. The van der Waals surface area contributed by atoms with Crippen molar-refractivity contribution >= 4 is 34.0 Å². The molecular formula is C14H14BrNO2S. The van der Waals surface area contributed by atoms with E-state index < -0.39 is 0 Å². The maximum atomic E-state index is 10.3. The number of carbonyl (C=O) groups is 1. The first-order valence-corrected chi connectivity index (χ1v) is 8.15. The molecule has 0 fully saturated rings. The number of carbonyl (C=O) groups excluding carboxylic acids is 1. The number of aromatic nitrogens is 1. The number of benzene rings is 1. The van der Waals surface area contributed by atoms with Crippen LogP contribution >= 0.6 is 27.7 Å². The maximum Gasteiger partial charge on any atom is 0.226 e. The number of aryl methyl sites for hydroxylation is 1. The summed E-state index contributed by atoms with van der Waals surface area (Å²) in [6.45, 7) is 1.90. The number of hydrogen-bond donors (Lipinski definition) is 0. The van der Waals surface area contributed by atoms with Gasteiger partial charge >= 0.3 is 0 Å². The normalized spacial score (nSPS) is 10.6. The van der Waals surface area contributed by atoms with E-state index in [1.54, 1.807) is 0 Å². The molecule has 0 radical (unpaired) electrons. The highest BCUT2D eigenvalue weighted by molar-refractivity contribution is 9.08. The Hall–Kier alpha value is -1.07. The lowest BCUT2D eigenvalue weighted by Crippen LogP contribution is -1.87. The van der Waals surface area contributed by atoms with Crippen LogP contribution in [0.1, 0.15) is 17.0 Å². The molecule has 0 unspecified atom stereocenters. The molecule has 0 saturated heterocycles. The van der Waals surface area contributed by atoms with Gasteiger partial charge in [0.25, 0.3) is 0 Å². The fourth-order valence-electron chi connectivity index (χ4n) is 1.63. The lowest BCUT2D eigenvalue weighted by molar-refractivity contribution is -0.105. The van der Waals surface area contributed by atoms with Crippen molar-refractivity contribution in [3.8, 4) is 11.5 Å². The molecule has 0 atom stereocenters. The van der Waals surface area contributed by atoms with Crippen LogP contribution in [0.4, 0.5) is 0 Å². The minimum absolute atomic E-state index is 0.488.